The molecule has 0 saturated heterocycles. The van der Waals surface area contributed by atoms with Crippen molar-refractivity contribution in [2.24, 2.45) is 5.92 Å². The number of hydrogen-bond acceptors (Lipinski definition) is 2. The number of hydrogen-bond donors (Lipinski definition) is 1. The van der Waals surface area contributed by atoms with E-state index in [2.05, 4.69) is 6.92 Å². The summed E-state index contributed by atoms with van der Waals surface area (Å²) in [5, 5.41) is 8.62. The average molecular weight is 170 g/mol. The number of rotatable bonds is 6. The molecule has 0 rings (SSSR count). The molecule has 12 heavy (non-hydrogen) atoms. The highest BCUT2D eigenvalue weighted by Gasteiger charge is 1.98. The molecular formula is C10H18O2. The van der Waals surface area contributed by atoms with E-state index >= 15 is 0 Å². The predicted octanol–water partition coefficient (Wildman–Crippen LogP) is 1.93. The number of allylic oxidation sites excluding steroid dienone is 2. The smallest absolute Gasteiger partial charge is 0.145 e. The first-order valence-electron chi connectivity index (χ1n) is 4.43. The molecule has 0 aromatic rings. The van der Waals surface area contributed by atoms with E-state index < -0.39 is 0 Å². The van der Waals surface area contributed by atoms with Gasteiger partial charge in [-0.25, -0.2) is 0 Å². The van der Waals surface area contributed by atoms with Gasteiger partial charge in [0.05, 0.1) is 0 Å². The van der Waals surface area contributed by atoms with Gasteiger partial charge in [-0.1, -0.05) is 13.0 Å². The quantitative estimate of drug-likeness (QED) is 0.488. The average Bonchev–Trinajstić information content (AvgIpc) is 2.04. The Labute approximate surface area is 74.3 Å². The number of carbonyl (C=O) groups excluding carboxylic acids is 1. The van der Waals surface area contributed by atoms with E-state index in [-0.39, 0.29) is 6.61 Å². The van der Waals surface area contributed by atoms with Crippen molar-refractivity contribution in [1.82, 2.24) is 0 Å². The van der Waals surface area contributed by atoms with Crippen LogP contribution in [0.3, 0.4) is 0 Å². The zero-order chi connectivity index (χ0) is 9.40. The molecule has 2 heteroatoms. The Morgan fingerprint density at radius 3 is 2.67 bits per heavy atom. The molecule has 0 amide bonds. The molecule has 0 unspecified atom stereocenters. The van der Waals surface area contributed by atoms with Crippen molar-refractivity contribution in [2.75, 3.05) is 6.61 Å². The standard InChI is InChI=1S/C10H18O2/c1-9(6-7-11)4-3-5-10(2)8-12/h5,8-9,11H,3-4,6-7H2,1-2H3/b10-5+/t9-/m0/s1. The van der Waals surface area contributed by atoms with Crippen LogP contribution in [0.2, 0.25) is 0 Å². The van der Waals surface area contributed by atoms with Gasteiger partial charge < -0.3 is 5.11 Å². The maximum Gasteiger partial charge on any atom is 0.145 e. The maximum absolute atomic E-state index is 10.2. The molecule has 0 spiro atoms. The SMILES string of the molecule is C/C(C=O)=C\CC[C@H](C)CCO. The lowest BCUT2D eigenvalue weighted by atomic mass is 10.0. The third-order valence-corrected chi connectivity index (χ3v) is 1.93. The van der Waals surface area contributed by atoms with Crippen LogP contribution in [0.4, 0.5) is 0 Å². The summed E-state index contributed by atoms with van der Waals surface area (Å²) < 4.78 is 0. The van der Waals surface area contributed by atoms with Gasteiger partial charge in [-0.3, -0.25) is 4.79 Å². The second-order valence-electron chi connectivity index (χ2n) is 3.26. The monoisotopic (exact) mass is 170 g/mol. The van der Waals surface area contributed by atoms with E-state index in [4.69, 9.17) is 5.11 Å². The van der Waals surface area contributed by atoms with Crippen LogP contribution < -0.4 is 0 Å². The van der Waals surface area contributed by atoms with E-state index in [0.29, 0.717) is 5.92 Å². The molecule has 0 aliphatic rings. The van der Waals surface area contributed by atoms with Gasteiger partial charge in [0.2, 0.25) is 0 Å². The van der Waals surface area contributed by atoms with Crippen LogP contribution in [0.25, 0.3) is 0 Å². The normalized spacial score (nSPS) is 14.4. The maximum atomic E-state index is 10.2. The van der Waals surface area contributed by atoms with Crippen LogP contribution in [-0.4, -0.2) is 18.0 Å². The molecule has 0 aliphatic carbocycles. The van der Waals surface area contributed by atoms with E-state index in [9.17, 15) is 4.79 Å². The lowest BCUT2D eigenvalue weighted by molar-refractivity contribution is -0.104. The number of carbonyl (C=O) groups is 1. The van der Waals surface area contributed by atoms with Crippen LogP contribution in [0.15, 0.2) is 11.6 Å². The zero-order valence-corrected chi connectivity index (χ0v) is 7.92. The molecule has 70 valence electrons. The van der Waals surface area contributed by atoms with Crippen LogP contribution in [-0.2, 0) is 4.79 Å². The Bertz CT molecular complexity index is 150. The van der Waals surface area contributed by atoms with Crippen molar-refractivity contribution in [3.8, 4) is 0 Å². The topological polar surface area (TPSA) is 37.3 Å². The summed E-state index contributed by atoms with van der Waals surface area (Å²) in [7, 11) is 0. The summed E-state index contributed by atoms with van der Waals surface area (Å²) in [6.07, 6.45) is 5.66. The third kappa shape index (κ3) is 6.10. The highest BCUT2D eigenvalue weighted by molar-refractivity contribution is 5.71. The van der Waals surface area contributed by atoms with E-state index in [1.165, 1.54) is 0 Å². The molecule has 1 N–H and O–H groups in total. The van der Waals surface area contributed by atoms with Gasteiger partial charge in [0.25, 0.3) is 0 Å². The first kappa shape index (κ1) is 11.4. The van der Waals surface area contributed by atoms with Gasteiger partial charge in [0, 0.05) is 6.61 Å². The lowest BCUT2D eigenvalue weighted by Gasteiger charge is -2.06. The second-order valence-corrected chi connectivity index (χ2v) is 3.26. The third-order valence-electron chi connectivity index (χ3n) is 1.93. The molecule has 1 atom stereocenters. The number of aliphatic hydroxyl groups is 1. The van der Waals surface area contributed by atoms with E-state index in [1.807, 2.05) is 13.0 Å². The van der Waals surface area contributed by atoms with Gasteiger partial charge in [-0.2, -0.15) is 0 Å². The van der Waals surface area contributed by atoms with E-state index in [0.717, 1.165) is 31.1 Å². The molecule has 0 aromatic carbocycles. The van der Waals surface area contributed by atoms with Crippen LogP contribution in [0.5, 0.6) is 0 Å². The molecule has 0 heterocycles. The summed E-state index contributed by atoms with van der Waals surface area (Å²) in [4.78, 5) is 10.2. The molecule has 0 fully saturated rings. The van der Waals surface area contributed by atoms with Crippen molar-refractivity contribution >= 4 is 6.29 Å². The molecule has 0 bridgehead atoms. The van der Waals surface area contributed by atoms with Gasteiger partial charge in [-0.15, -0.1) is 0 Å². The molecular weight excluding hydrogens is 152 g/mol. The molecule has 0 radical (unpaired) electrons. The molecule has 2 nitrogen and oxygen atoms in total. The Kier molecular flexibility index (Phi) is 6.67. The second kappa shape index (κ2) is 7.04. The Hall–Kier alpha value is -0.630. The summed E-state index contributed by atoms with van der Waals surface area (Å²) >= 11 is 0. The van der Waals surface area contributed by atoms with Crippen molar-refractivity contribution < 1.29 is 9.90 Å². The number of aldehydes is 1. The van der Waals surface area contributed by atoms with Crippen molar-refractivity contribution in [1.29, 1.82) is 0 Å². The minimum absolute atomic E-state index is 0.261. The first-order valence-corrected chi connectivity index (χ1v) is 4.43. The Balaban J connectivity index is 3.48. The van der Waals surface area contributed by atoms with E-state index in [1.54, 1.807) is 0 Å². The highest BCUT2D eigenvalue weighted by Crippen LogP contribution is 2.10. The van der Waals surface area contributed by atoms with Crippen molar-refractivity contribution in [3.05, 3.63) is 11.6 Å². The largest absolute Gasteiger partial charge is 0.396 e. The highest BCUT2D eigenvalue weighted by atomic mass is 16.3. The molecule has 0 saturated carbocycles. The van der Waals surface area contributed by atoms with Crippen molar-refractivity contribution in [2.45, 2.75) is 33.1 Å². The Morgan fingerprint density at radius 2 is 2.17 bits per heavy atom. The van der Waals surface area contributed by atoms with Gasteiger partial charge in [0.15, 0.2) is 0 Å². The minimum atomic E-state index is 0.261. The summed E-state index contributed by atoms with van der Waals surface area (Å²) in [5.74, 6) is 0.547. The zero-order valence-electron chi connectivity index (χ0n) is 7.92. The minimum Gasteiger partial charge on any atom is -0.396 e. The van der Waals surface area contributed by atoms with Gasteiger partial charge in [0.1, 0.15) is 6.29 Å². The molecule has 0 aromatic heterocycles. The fraction of sp³-hybridized carbons (Fsp3) is 0.700. The van der Waals surface area contributed by atoms with Crippen LogP contribution in [0.1, 0.15) is 33.1 Å². The van der Waals surface area contributed by atoms with Crippen LogP contribution >= 0.6 is 0 Å². The van der Waals surface area contributed by atoms with Crippen LogP contribution in [0, 0.1) is 5.92 Å². The van der Waals surface area contributed by atoms with Crippen molar-refractivity contribution in [3.63, 3.8) is 0 Å². The first-order chi connectivity index (χ1) is 5.70. The summed E-state index contributed by atoms with van der Waals surface area (Å²) in [6, 6.07) is 0. The Morgan fingerprint density at radius 1 is 1.50 bits per heavy atom. The summed E-state index contributed by atoms with van der Waals surface area (Å²) in [5.41, 5.74) is 0.797. The fourth-order valence-corrected chi connectivity index (χ4v) is 1.01. The van der Waals surface area contributed by atoms with Gasteiger partial charge >= 0.3 is 0 Å². The number of aliphatic hydroxyl groups excluding tert-OH is 1. The fourth-order valence-electron chi connectivity index (χ4n) is 1.01. The van der Waals surface area contributed by atoms with Gasteiger partial charge in [-0.05, 0) is 37.7 Å². The predicted molar refractivity (Wildman–Crippen MR) is 49.9 cm³/mol. The lowest BCUT2D eigenvalue weighted by Crippen LogP contribution is -1.97. The summed E-state index contributed by atoms with van der Waals surface area (Å²) in [6.45, 7) is 4.18. The molecule has 0 aliphatic heterocycles.